The van der Waals surface area contributed by atoms with E-state index in [1.807, 2.05) is 13.0 Å². The van der Waals surface area contributed by atoms with Crippen molar-refractivity contribution >= 4 is 17.8 Å². The van der Waals surface area contributed by atoms with Gasteiger partial charge < -0.3 is 10.2 Å². The number of nitrogens with one attached hydrogen (secondary N) is 1. The van der Waals surface area contributed by atoms with Crippen LogP contribution in [0.1, 0.15) is 45.1 Å². The van der Waals surface area contributed by atoms with Gasteiger partial charge >= 0.3 is 6.03 Å². The SMILES string of the molecule is CCN(C(=O)CN1C(=O)NC(C)(c2cc(F)ccc2F)C1=O)C1=CCCCC1. The first-order chi connectivity index (χ1) is 13.3. The average molecular weight is 391 g/mol. The van der Waals surface area contributed by atoms with Crippen molar-refractivity contribution in [1.29, 1.82) is 0 Å². The third-order valence-electron chi connectivity index (χ3n) is 5.27. The summed E-state index contributed by atoms with van der Waals surface area (Å²) in [5, 5.41) is 2.40. The lowest BCUT2D eigenvalue weighted by atomic mass is 9.91. The second-order valence-corrected chi connectivity index (χ2v) is 7.15. The number of hydrogen-bond donors (Lipinski definition) is 1. The minimum atomic E-state index is -1.77. The molecule has 0 radical (unpaired) electrons. The maximum absolute atomic E-state index is 14.2. The molecule has 1 unspecified atom stereocenters. The predicted octanol–water partition coefficient (Wildman–Crippen LogP) is 3.04. The van der Waals surface area contributed by atoms with Crippen molar-refractivity contribution < 1.29 is 23.2 Å². The van der Waals surface area contributed by atoms with Crippen molar-refractivity contribution in [1.82, 2.24) is 15.1 Å². The van der Waals surface area contributed by atoms with Crippen molar-refractivity contribution in [3.63, 3.8) is 0 Å². The Bertz CT molecular complexity index is 855. The quantitative estimate of drug-likeness (QED) is 0.785. The molecular weight excluding hydrogens is 368 g/mol. The van der Waals surface area contributed by atoms with Gasteiger partial charge in [0.1, 0.15) is 23.7 Å². The van der Waals surface area contributed by atoms with Gasteiger partial charge in [-0.1, -0.05) is 6.08 Å². The molecule has 1 atom stereocenters. The Morgan fingerprint density at radius 3 is 2.68 bits per heavy atom. The van der Waals surface area contributed by atoms with Gasteiger partial charge in [0.25, 0.3) is 5.91 Å². The number of halogens is 2. The monoisotopic (exact) mass is 391 g/mol. The summed E-state index contributed by atoms with van der Waals surface area (Å²) >= 11 is 0. The van der Waals surface area contributed by atoms with E-state index in [1.165, 1.54) is 6.92 Å². The molecule has 6 nitrogen and oxygen atoms in total. The third-order valence-corrected chi connectivity index (χ3v) is 5.27. The minimum Gasteiger partial charge on any atom is -0.319 e. The Kier molecular flexibility index (Phi) is 5.49. The Hall–Kier alpha value is -2.77. The van der Waals surface area contributed by atoms with Crippen LogP contribution in [0.4, 0.5) is 13.6 Å². The molecule has 150 valence electrons. The molecule has 4 amide bonds. The molecule has 1 aliphatic carbocycles. The van der Waals surface area contributed by atoms with Crippen molar-refractivity contribution in [2.45, 2.75) is 45.1 Å². The zero-order valence-electron chi connectivity index (χ0n) is 15.9. The van der Waals surface area contributed by atoms with Crippen LogP contribution in [0.15, 0.2) is 30.0 Å². The molecule has 1 N–H and O–H groups in total. The highest BCUT2D eigenvalue weighted by molar-refractivity contribution is 6.09. The fourth-order valence-electron chi connectivity index (χ4n) is 3.73. The predicted molar refractivity (Wildman–Crippen MR) is 97.9 cm³/mol. The minimum absolute atomic E-state index is 0.275. The molecule has 1 fully saturated rings. The lowest BCUT2D eigenvalue weighted by molar-refractivity contribution is -0.138. The van der Waals surface area contributed by atoms with E-state index in [-0.39, 0.29) is 11.5 Å². The number of likely N-dealkylation sites (N-methyl/N-ethyl adjacent to an activating group) is 1. The summed E-state index contributed by atoms with van der Waals surface area (Å²) in [5.74, 6) is -2.71. The number of nitrogens with zero attached hydrogens (tertiary/aromatic N) is 2. The van der Waals surface area contributed by atoms with Gasteiger partial charge in [0, 0.05) is 17.8 Å². The van der Waals surface area contributed by atoms with Gasteiger partial charge in [-0.05, 0) is 57.7 Å². The molecule has 0 saturated carbocycles. The Morgan fingerprint density at radius 2 is 2.04 bits per heavy atom. The summed E-state index contributed by atoms with van der Waals surface area (Å²) in [7, 11) is 0. The van der Waals surface area contributed by atoms with Crippen LogP contribution in [0.25, 0.3) is 0 Å². The molecule has 1 heterocycles. The van der Waals surface area contributed by atoms with Crippen LogP contribution in [0.2, 0.25) is 0 Å². The second-order valence-electron chi connectivity index (χ2n) is 7.15. The summed E-state index contributed by atoms with van der Waals surface area (Å²) in [6, 6.07) is 1.90. The fraction of sp³-hybridized carbons (Fsp3) is 0.450. The molecule has 0 spiro atoms. The van der Waals surface area contributed by atoms with E-state index in [9.17, 15) is 23.2 Å². The van der Waals surface area contributed by atoms with E-state index in [0.717, 1.165) is 54.5 Å². The Morgan fingerprint density at radius 1 is 1.29 bits per heavy atom. The van der Waals surface area contributed by atoms with Crippen LogP contribution < -0.4 is 5.32 Å². The number of benzene rings is 1. The molecule has 28 heavy (non-hydrogen) atoms. The summed E-state index contributed by atoms with van der Waals surface area (Å²) in [4.78, 5) is 40.4. The molecule has 1 aromatic carbocycles. The van der Waals surface area contributed by atoms with Crippen LogP contribution >= 0.6 is 0 Å². The van der Waals surface area contributed by atoms with Gasteiger partial charge in [0.15, 0.2) is 0 Å². The number of urea groups is 1. The smallest absolute Gasteiger partial charge is 0.319 e. The average Bonchev–Trinajstić information content (AvgIpc) is 2.89. The maximum Gasteiger partial charge on any atom is 0.325 e. The molecule has 0 bridgehead atoms. The van der Waals surface area contributed by atoms with E-state index in [0.29, 0.717) is 6.54 Å². The highest BCUT2D eigenvalue weighted by Gasteiger charge is 2.51. The lowest BCUT2D eigenvalue weighted by Crippen LogP contribution is -2.44. The molecule has 2 aliphatic rings. The second kappa shape index (κ2) is 7.69. The van der Waals surface area contributed by atoms with Gasteiger partial charge in [-0.3, -0.25) is 14.5 Å². The zero-order chi connectivity index (χ0) is 20.5. The van der Waals surface area contributed by atoms with E-state index >= 15 is 0 Å². The van der Waals surface area contributed by atoms with Crippen molar-refractivity contribution in [3.05, 3.63) is 47.2 Å². The Balaban J connectivity index is 1.82. The first-order valence-corrected chi connectivity index (χ1v) is 9.37. The first-order valence-electron chi connectivity index (χ1n) is 9.37. The molecule has 0 aromatic heterocycles. The Labute approximate surface area is 162 Å². The lowest BCUT2D eigenvalue weighted by Gasteiger charge is -2.28. The third kappa shape index (κ3) is 3.50. The molecule has 1 saturated heterocycles. The molecular formula is C20H23F2N3O3. The van der Waals surface area contributed by atoms with Crippen LogP contribution in [0.5, 0.6) is 0 Å². The number of imide groups is 1. The number of hydrogen-bond acceptors (Lipinski definition) is 3. The van der Waals surface area contributed by atoms with E-state index in [1.54, 1.807) is 4.90 Å². The molecule has 3 rings (SSSR count). The number of carbonyl (C=O) groups is 3. The highest BCUT2D eigenvalue weighted by Crippen LogP contribution is 2.31. The van der Waals surface area contributed by atoms with Gasteiger partial charge in [-0.2, -0.15) is 0 Å². The largest absolute Gasteiger partial charge is 0.325 e. The standard InChI is InChI=1S/C20H23F2N3O3/c1-3-24(14-7-5-4-6-8-14)17(26)12-25-18(27)20(2,23-19(25)28)15-11-13(21)9-10-16(15)22/h7,9-11H,3-6,8,12H2,1-2H3,(H,23,28). The van der Waals surface area contributed by atoms with Gasteiger partial charge in [-0.15, -0.1) is 0 Å². The van der Waals surface area contributed by atoms with Crippen LogP contribution in [0.3, 0.4) is 0 Å². The van der Waals surface area contributed by atoms with Crippen LogP contribution in [0, 0.1) is 11.6 Å². The number of amides is 4. The van der Waals surface area contributed by atoms with E-state index in [4.69, 9.17) is 0 Å². The zero-order valence-corrected chi connectivity index (χ0v) is 15.9. The number of carbonyl (C=O) groups excluding carboxylic acids is 3. The summed E-state index contributed by atoms with van der Waals surface area (Å²) < 4.78 is 27.8. The summed E-state index contributed by atoms with van der Waals surface area (Å²) in [5.41, 5.74) is -1.15. The summed E-state index contributed by atoms with van der Waals surface area (Å²) in [6.45, 7) is 3.09. The topological polar surface area (TPSA) is 69.7 Å². The summed E-state index contributed by atoms with van der Waals surface area (Å²) in [6.07, 6.45) is 5.71. The highest BCUT2D eigenvalue weighted by atomic mass is 19.1. The van der Waals surface area contributed by atoms with Gasteiger partial charge in [0.05, 0.1) is 0 Å². The first kappa shape index (κ1) is 20.0. The molecule has 8 heteroatoms. The van der Waals surface area contributed by atoms with Crippen molar-refractivity contribution in [2.75, 3.05) is 13.1 Å². The van der Waals surface area contributed by atoms with Crippen molar-refractivity contribution in [2.24, 2.45) is 0 Å². The maximum atomic E-state index is 14.2. The van der Waals surface area contributed by atoms with E-state index in [2.05, 4.69) is 5.32 Å². The van der Waals surface area contributed by atoms with Gasteiger partial charge in [-0.25, -0.2) is 13.6 Å². The van der Waals surface area contributed by atoms with Crippen molar-refractivity contribution in [3.8, 4) is 0 Å². The van der Waals surface area contributed by atoms with E-state index < -0.39 is 35.7 Å². The number of rotatable bonds is 5. The van der Waals surface area contributed by atoms with Gasteiger partial charge in [0.2, 0.25) is 5.91 Å². The fourth-order valence-corrected chi connectivity index (χ4v) is 3.73. The number of allylic oxidation sites excluding steroid dienone is 2. The molecule has 1 aliphatic heterocycles. The van der Waals surface area contributed by atoms with Crippen LogP contribution in [-0.4, -0.2) is 40.7 Å². The molecule has 1 aromatic rings. The van der Waals surface area contributed by atoms with Crippen LogP contribution in [-0.2, 0) is 15.1 Å². The normalized spacial score (nSPS) is 22.1.